The van der Waals surface area contributed by atoms with E-state index < -0.39 is 0 Å². The zero-order chi connectivity index (χ0) is 15.7. The van der Waals surface area contributed by atoms with E-state index in [0.29, 0.717) is 29.3 Å². The van der Waals surface area contributed by atoms with Gasteiger partial charge in [-0.3, -0.25) is 0 Å². The van der Waals surface area contributed by atoms with Gasteiger partial charge in [0.1, 0.15) is 0 Å². The van der Waals surface area contributed by atoms with Crippen molar-refractivity contribution in [3.63, 3.8) is 0 Å². The molecule has 22 heavy (non-hydrogen) atoms. The summed E-state index contributed by atoms with van der Waals surface area (Å²) >= 11 is 0. The summed E-state index contributed by atoms with van der Waals surface area (Å²) < 4.78 is 0. The van der Waals surface area contributed by atoms with Crippen molar-refractivity contribution < 1.29 is 15.3 Å². The predicted molar refractivity (Wildman–Crippen MR) is 85.3 cm³/mol. The molecule has 4 aliphatic carbocycles. The molecule has 7 atom stereocenters. The lowest BCUT2D eigenvalue weighted by molar-refractivity contribution is -0.143. The first kappa shape index (κ1) is 14.6. The highest BCUT2D eigenvalue weighted by molar-refractivity contribution is 5.23. The third-order valence-electron chi connectivity index (χ3n) is 7.82. The van der Waals surface area contributed by atoms with Crippen LogP contribution in [0, 0.1) is 34.5 Å². The maximum atomic E-state index is 10.9. The molecular weight excluding hydrogens is 276 g/mol. The molecule has 0 aliphatic heterocycles. The summed E-state index contributed by atoms with van der Waals surface area (Å²) in [4.78, 5) is 0. The zero-order valence-corrected chi connectivity index (χ0v) is 13.6. The summed E-state index contributed by atoms with van der Waals surface area (Å²) in [6, 6.07) is 0. The molecule has 0 spiro atoms. The Kier molecular flexibility index (Phi) is 3.01. The normalized spacial score (nSPS) is 53.9. The minimum atomic E-state index is -0.311. The third kappa shape index (κ3) is 1.72. The SMILES string of the molecule is C[C@]12CCC(O)=CC1CC(O)[C@@H]1[C@H]2CC[C@]2(C)C(O)=CC[C@@H]12. The molecule has 3 nitrogen and oxygen atoms in total. The van der Waals surface area contributed by atoms with E-state index in [0.717, 1.165) is 38.5 Å². The first-order valence-corrected chi connectivity index (χ1v) is 8.83. The maximum absolute atomic E-state index is 10.9. The van der Waals surface area contributed by atoms with Crippen LogP contribution in [-0.2, 0) is 0 Å². The van der Waals surface area contributed by atoms with Crippen LogP contribution in [-0.4, -0.2) is 21.4 Å². The van der Waals surface area contributed by atoms with E-state index in [4.69, 9.17) is 0 Å². The van der Waals surface area contributed by atoms with E-state index in [2.05, 4.69) is 13.8 Å². The summed E-state index contributed by atoms with van der Waals surface area (Å²) in [6.07, 6.45) is 9.25. The standard InChI is InChI=1S/C19H28O3/c1-18-7-5-12(20)9-11(18)10-15(21)17-13-3-4-16(22)19(13,2)8-6-14(17)18/h4,9,11,13-15,17,20-22H,3,5-8,10H2,1-2H3/t11?,13-,14+,15?,17-,18-,19-/m0/s1. The number of aliphatic hydroxyl groups excluding tert-OH is 3. The third-order valence-corrected chi connectivity index (χ3v) is 7.82. The summed E-state index contributed by atoms with van der Waals surface area (Å²) in [5, 5.41) is 31.1. The first-order chi connectivity index (χ1) is 10.4. The number of hydrogen-bond donors (Lipinski definition) is 3. The Balaban J connectivity index is 1.71. The van der Waals surface area contributed by atoms with Crippen LogP contribution in [0.2, 0.25) is 0 Å². The highest BCUT2D eigenvalue weighted by Crippen LogP contribution is 2.65. The van der Waals surface area contributed by atoms with Gasteiger partial charge in [-0.15, -0.1) is 0 Å². The van der Waals surface area contributed by atoms with Gasteiger partial charge >= 0.3 is 0 Å². The van der Waals surface area contributed by atoms with Gasteiger partial charge in [0.2, 0.25) is 0 Å². The van der Waals surface area contributed by atoms with Crippen LogP contribution in [0.4, 0.5) is 0 Å². The molecule has 122 valence electrons. The molecular formula is C19H28O3. The quantitative estimate of drug-likeness (QED) is 0.631. The van der Waals surface area contributed by atoms with Crippen molar-refractivity contribution in [1.29, 1.82) is 0 Å². The highest BCUT2D eigenvalue weighted by Gasteiger charge is 2.60. The average Bonchev–Trinajstić information content (AvgIpc) is 2.77. The first-order valence-electron chi connectivity index (χ1n) is 8.83. The fourth-order valence-electron chi connectivity index (χ4n) is 6.35. The number of allylic oxidation sites excluding steroid dienone is 4. The second-order valence-corrected chi connectivity index (χ2v) is 8.64. The molecule has 0 radical (unpaired) electrons. The van der Waals surface area contributed by atoms with E-state index >= 15 is 0 Å². The van der Waals surface area contributed by atoms with E-state index in [-0.39, 0.29) is 22.9 Å². The topological polar surface area (TPSA) is 60.7 Å². The Morgan fingerprint density at radius 2 is 1.91 bits per heavy atom. The van der Waals surface area contributed by atoms with Crippen molar-refractivity contribution in [1.82, 2.24) is 0 Å². The molecule has 0 bridgehead atoms. The van der Waals surface area contributed by atoms with Crippen LogP contribution >= 0.6 is 0 Å². The van der Waals surface area contributed by atoms with Crippen LogP contribution in [0.1, 0.15) is 52.4 Å². The van der Waals surface area contributed by atoms with Gasteiger partial charge in [0, 0.05) is 11.8 Å². The smallest absolute Gasteiger partial charge is 0.0944 e. The second-order valence-electron chi connectivity index (χ2n) is 8.64. The minimum absolute atomic E-state index is 0.127. The molecule has 0 aromatic heterocycles. The molecule has 3 N–H and O–H groups in total. The van der Waals surface area contributed by atoms with Gasteiger partial charge < -0.3 is 15.3 Å². The van der Waals surface area contributed by atoms with Gasteiger partial charge in [0.25, 0.3) is 0 Å². The average molecular weight is 304 g/mol. The van der Waals surface area contributed by atoms with Gasteiger partial charge in [-0.2, -0.15) is 0 Å². The van der Waals surface area contributed by atoms with Crippen molar-refractivity contribution in [2.24, 2.45) is 34.5 Å². The van der Waals surface area contributed by atoms with Crippen molar-refractivity contribution >= 4 is 0 Å². The van der Waals surface area contributed by atoms with E-state index in [1.54, 1.807) is 0 Å². The molecule has 4 aliphatic rings. The van der Waals surface area contributed by atoms with Crippen LogP contribution in [0.15, 0.2) is 23.7 Å². The summed E-state index contributed by atoms with van der Waals surface area (Å²) in [5.41, 5.74) is 0.0631. The monoisotopic (exact) mass is 304 g/mol. The molecule has 3 heteroatoms. The van der Waals surface area contributed by atoms with Gasteiger partial charge in [0.15, 0.2) is 0 Å². The lowest BCUT2D eigenvalue weighted by Crippen LogP contribution is -2.57. The second kappa shape index (κ2) is 4.53. The number of fused-ring (bicyclic) bond motifs is 5. The fourth-order valence-corrected chi connectivity index (χ4v) is 6.35. The minimum Gasteiger partial charge on any atom is -0.513 e. The predicted octanol–water partition coefficient (Wildman–Crippen LogP) is 4.10. The molecule has 0 amide bonds. The Labute approximate surface area is 132 Å². The zero-order valence-electron chi connectivity index (χ0n) is 13.6. The Morgan fingerprint density at radius 3 is 2.68 bits per heavy atom. The van der Waals surface area contributed by atoms with E-state index in [9.17, 15) is 15.3 Å². The van der Waals surface area contributed by atoms with Crippen LogP contribution in [0.3, 0.4) is 0 Å². The fraction of sp³-hybridized carbons (Fsp3) is 0.789. The molecule has 2 unspecified atom stereocenters. The largest absolute Gasteiger partial charge is 0.513 e. The number of aliphatic hydroxyl groups is 3. The Bertz CT molecular complexity index is 551. The molecule has 4 rings (SSSR count). The Hall–Kier alpha value is -0.960. The van der Waals surface area contributed by atoms with Crippen LogP contribution < -0.4 is 0 Å². The van der Waals surface area contributed by atoms with Gasteiger partial charge in [-0.05, 0) is 73.3 Å². The van der Waals surface area contributed by atoms with Crippen LogP contribution in [0.25, 0.3) is 0 Å². The summed E-state index contributed by atoms with van der Waals surface area (Å²) in [6.45, 7) is 4.55. The van der Waals surface area contributed by atoms with Gasteiger partial charge in [0.05, 0.1) is 17.6 Å². The molecule has 0 aromatic carbocycles. The lowest BCUT2D eigenvalue weighted by atomic mass is 9.45. The van der Waals surface area contributed by atoms with Gasteiger partial charge in [-0.25, -0.2) is 0 Å². The number of rotatable bonds is 0. The van der Waals surface area contributed by atoms with Crippen molar-refractivity contribution in [2.45, 2.75) is 58.5 Å². The lowest BCUT2D eigenvalue weighted by Gasteiger charge is -2.60. The molecule has 2 fully saturated rings. The summed E-state index contributed by atoms with van der Waals surface area (Å²) in [5.74, 6) is 2.52. The van der Waals surface area contributed by atoms with E-state index in [1.807, 2.05) is 12.2 Å². The summed E-state index contributed by atoms with van der Waals surface area (Å²) in [7, 11) is 0. The molecule has 0 saturated heterocycles. The molecule has 0 heterocycles. The highest BCUT2D eigenvalue weighted by atomic mass is 16.3. The Morgan fingerprint density at radius 1 is 1.14 bits per heavy atom. The van der Waals surface area contributed by atoms with Gasteiger partial charge in [-0.1, -0.05) is 13.8 Å². The van der Waals surface area contributed by atoms with Crippen LogP contribution in [0.5, 0.6) is 0 Å². The molecule has 0 aromatic rings. The maximum Gasteiger partial charge on any atom is 0.0944 e. The molecule has 2 saturated carbocycles. The van der Waals surface area contributed by atoms with Crippen molar-refractivity contribution in [3.8, 4) is 0 Å². The van der Waals surface area contributed by atoms with E-state index in [1.165, 1.54) is 0 Å². The van der Waals surface area contributed by atoms with Crippen molar-refractivity contribution in [3.05, 3.63) is 23.7 Å². The number of hydrogen-bond acceptors (Lipinski definition) is 3. The van der Waals surface area contributed by atoms with Crippen molar-refractivity contribution in [2.75, 3.05) is 0 Å².